The molecule has 0 amide bonds. The first kappa shape index (κ1) is 13.6. The molecule has 1 atom stereocenters. The number of rotatable bonds is 3. The van der Waals surface area contributed by atoms with Crippen molar-refractivity contribution in [3.05, 3.63) is 64.7 Å². The number of aryl methyl sites for hydroxylation is 1. The monoisotopic (exact) mass is 255 g/mol. The van der Waals surface area contributed by atoms with Crippen LogP contribution in [0.5, 0.6) is 0 Å². The van der Waals surface area contributed by atoms with Gasteiger partial charge in [0.1, 0.15) is 6.10 Å². The molecule has 0 fully saturated rings. The van der Waals surface area contributed by atoms with Crippen molar-refractivity contribution in [2.24, 2.45) is 0 Å². The van der Waals surface area contributed by atoms with Crippen molar-refractivity contribution in [3.8, 4) is 0 Å². The molecular weight excluding hydrogens is 234 g/mol. The summed E-state index contributed by atoms with van der Waals surface area (Å²) in [6.07, 6.45) is -0.559. The minimum atomic E-state index is -0.559. The summed E-state index contributed by atoms with van der Waals surface area (Å²) >= 11 is 0. The maximum absolute atomic E-state index is 10.5. The van der Waals surface area contributed by atoms with Gasteiger partial charge in [-0.05, 0) is 48.2 Å². The first-order chi connectivity index (χ1) is 9.00. The largest absolute Gasteiger partial charge is 0.384 e. The second-order valence-electron chi connectivity index (χ2n) is 5.18. The van der Waals surface area contributed by atoms with E-state index in [0.29, 0.717) is 0 Å². The number of hydrogen-bond donors (Lipinski definition) is 1. The molecule has 0 heterocycles. The molecule has 0 aliphatic heterocycles. The van der Waals surface area contributed by atoms with Gasteiger partial charge in [0.15, 0.2) is 0 Å². The lowest BCUT2D eigenvalue weighted by molar-refractivity contribution is 0.219. The molecule has 0 saturated carbocycles. The summed E-state index contributed by atoms with van der Waals surface area (Å²) in [6.45, 7) is 4.13. The summed E-state index contributed by atoms with van der Waals surface area (Å²) < 4.78 is 0. The third kappa shape index (κ3) is 2.79. The average molecular weight is 255 g/mol. The fourth-order valence-electron chi connectivity index (χ4n) is 2.20. The SMILES string of the molecule is Cc1cccc(C(O)c2ccc(N(C)C)cc2)c1C. The highest BCUT2D eigenvalue weighted by Gasteiger charge is 2.13. The van der Waals surface area contributed by atoms with Crippen LogP contribution >= 0.6 is 0 Å². The molecule has 2 nitrogen and oxygen atoms in total. The lowest BCUT2D eigenvalue weighted by atomic mass is 9.95. The molecule has 0 radical (unpaired) electrons. The second-order valence-corrected chi connectivity index (χ2v) is 5.18. The van der Waals surface area contributed by atoms with Crippen molar-refractivity contribution >= 4 is 5.69 Å². The van der Waals surface area contributed by atoms with E-state index in [2.05, 4.69) is 19.9 Å². The van der Waals surface area contributed by atoms with Gasteiger partial charge in [0.2, 0.25) is 0 Å². The topological polar surface area (TPSA) is 23.5 Å². The predicted octanol–water partition coefficient (Wildman–Crippen LogP) is 3.45. The maximum atomic E-state index is 10.5. The lowest BCUT2D eigenvalue weighted by Gasteiger charge is -2.17. The summed E-state index contributed by atoms with van der Waals surface area (Å²) in [6, 6.07) is 14.1. The van der Waals surface area contributed by atoms with Crippen molar-refractivity contribution < 1.29 is 5.11 Å². The Morgan fingerprint density at radius 1 is 0.947 bits per heavy atom. The molecule has 2 heteroatoms. The van der Waals surface area contributed by atoms with Crippen LogP contribution in [0.2, 0.25) is 0 Å². The van der Waals surface area contributed by atoms with Gasteiger partial charge in [-0.1, -0.05) is 30.3 Å². The lowest BCUT2D eigenvalue weighted by Crippen LogP contribution is -2.09. The van der Waals surface area contributed by atoms with Crippen LogP contribution in [0, 0.1) is 13.8 Å². The minimum absolute atomic E-state index is 0.559. The van der Waals surface area contributed by atoms with Gasteiger partial charge in [-0.3, -0.25) is 0 Å². The molecular formula is C17H21NO. The second kappa shape index (κ2) is 5.45. The molecule has 1 unspecified atom stereocenters. The van der Waals surface area contributed by atoms with Gasteiger partial charge >= 0.3 is 0 Å². The van der Waals surface area contributed by atoms with E-state index in [-0.39, 0.29) is 0 Å². The third-order valence-electron chi connectivity index (χ3n) is 3.67. The van der Waals surface area contributed by atoms with Gasteiger partial charge in [0.25, 0.3) is 0 Å². The van der Waals surface area contributed by atoms with Gasteiger partial charge in [-0.15, -0.1) is 0 Å². The van der Waals surface area contributed by atoms with E-state index in [1.807, 2.05) is 55.4 Å². The predicted molar refractivity (Wildman–Crippen MR) is 80.7 cm³/mol. The fraction of sp³-hybridized carbons (Fsp3) is 0.294. The Bertz CT molecular complexity index is 558. The summed E-state index contributed by atoms with van der Waals surface area (Å²) in [5.74, 6) is 0. The van der Waals surface area contributed by atoms with E-state index in [9.17, 15) is 5.11 Å². The number of benzene rings is 2. The quantitative estimate of drug-likeness (QED) is 0.908. The van der Waals surface area contributed by atoms with E-state index in [0.717, 1.165) is 22.4 Å². The summed E-state index contributed by atoms with van der Waals surface area (Å²) in [5.41, 5.74) is 5.42. The summed E-state index contributed by atoms with van der Waals surface area (Å²) in [4.78, 5) is 2.05. The van der Waals surface area contributed by atoms with Crippen molar-refractivity contribution in [1.82, 2.24) is 0 Å². The van der Waals surface area contributed by atoms with E-state index >= 15 is 0 Å². The van der Waals surface area contributed by atoms with Gasteiger partial charge in [0.05, 0.1) is 0 Å². The fourth-order valence-corrected chi connectivity index (χ4v) is 2.20. The standard InChI is InChI=1S/C17H21NO/c1-12-6-5-7-16(13(12)2)17(19)14-8-10-15(11-9-14)18(3)4/h5-11,17,19H,1-4H3. The van der Waals surface area contributed by atoms with Crippen LogP contribution < -0.4 is 4.90 Å². The zero-order valence-corrected chi connectivity index (χ0v) is 12.0. The number of aliphatic hydroxyl groups is 1. The Hall–Kier alpha value is -1.80. The van der Waals surface area contributed by atoms with Crippen LogP contribution in [0.4, 0.5) is 5.69 Å². The van der Waals surface area contributed by atoms with Crippen molar-refractivity contribution in [2.75, 3.05) is 19.0 Å². The van der Waals surface area contributed by atoms with Crippen LogP contribution in [0.3, 0.4) is 0 Å². The molecule has 0 saturated heterocycles. The zero-order chi connectivity index (χ0) is 14.0. The molecule has 0 bridgehead atoms. The Kier molecular flexibility index (Phi) is 3.91. The Morgan fingerprint density at radius 3 is 2.16 bits per heavy atom. The molecule has 2 rings (SSSR count). The molecule has 1 N–H and O–H groups in total. The Labute approximate surface area is 115 Å². The molecule has 19 heavy (non-hydrogen) atoms. The summed E-state index contributed by atoms with van der Waals surface area (Å²) in [5, 5.41) is 10.5. The number of anilines is 1. The molecule has 2 aromatic rings. The number of nitrogens with zero attached hydrogens (tertiary/aromatic N) is 1. The van der Waals surface area contributed by atoms with Crippen LogP contribution in [-0.4, -0.2) is 19.2 Å². The highest BCUT2D eigenvalue weighted by atomic mass is 16.3. The molecule has 0 aliphatic carbocycles. The van der Waals surface area contributed by atoms with Crippen LogP contribution in [0.15, 0.2) is 42.5 Å². The highest BCUT2D eigenvalue weighted by Crippen LogP contribution is 2.27. The van der Waals surface area contributed by atoms with Gasteiger partial charge in [-0.25, -0.2) is 0 Å². The van der Waals surface area contributed by atoms with Crippen molar-refractivity contribution in [2.45, 2.75) is 20.0 Å². The summed E-state index contributed by atoms with van der Waals surface area (Å²) in [7, 11) is 4.02. The Balaban J connectivity index is 2.33. The molecule has 0 spiro atoms. The molecule has 0 aromatic heterocycles. The Morgan fingerprint density at radius 2 is 1.58 bits per heavy atom. The zero-order valence-electron chi connectivity index (χ0n) is 12.0. The van der Waals surface area contributed by atoms with Gasteiger partial charge < -0.3 is 10.0 Å². The first-order valence-electron chi connectivity index (χ1n) is 6.52. The van der Waals surface area contributed by atoms with Crippen LogP contribution in [0.1, 0.15) is 28.4 Å². The van der Waals surface area contributed by atoms with E-state index < -0.39 is 6.10 Å². The van der Waals surface area contributed by atoms with Crippen molar-refractivity contribution in [1.29, 1.82) is 0 Å². The molecule has 0 aliphatic rings. The normalized spacial score (nSPS) is 12.3. The van der Waals surface area contributed by atoms with E-state index in [1.54, 1.807) is 0 Å². The average Bonchev–Trinajstić information content (AvgIpc) is 2.41. The van der Waals surface area contributed by atoms with Crippen LogP contribution in [0.25, 0.3) is 0 Å². The minimum Gasteiger partial charge on any atom is -0.384 e. The molecule has 100 valence electrons. The first-order valence-corrected chi connectivity index (χ1v) is 6.52. The maximum Gasteiger partial charge on any atom is 0.104 e. The number of hydrogen-bond acceptors (Lipinski definition) is 2. The van der Waals surface area contributed by atoms with E-state index in [4.69, 9.17) is 0 Å². The van der Waals surface area contributed by atoms with Gasteiger partial charge in [-0.2, -0.15) is 0 Å². The highest BCUT2D eigenvalue weighted by molar-refractivity contribution is 5.48. The molecule has 2 aromatic carbocycles. The van der Waals surface area contributed by atoms with Gasteiger partial charge in [0, 0.05) is 19.8 Å². The third-order valence-corrected chi connectivity index (χ3v) is 3.67. The smallest absolute Gasteiger partial charge is 0.104 e. The van der Waals surface area contributed by atoms with E-state index in [1.165, 1.54) is 5.56 Å². The number of aliphatic hydroxyl groups excluding tert-OH is 1. The van der Waals surface area contributed by atoms with Crippen molar-refractivity contribution in [3.63, 3.8) is 0 Å². The van der Waals surface area contributed by atoms with Crippen LogP contribution in [-0.2, 0) is 0 Å².